The van der Waals surface area contributed by atoms with Gasteiger partial charge in [-0.1, -0.05) is 0 Å². The van der Waals surface area contributed by atoms with Crippen LogP contribution in [-0.2, 0) is 14.3 Å². The van der Waals surface area contributed by atoms with Crippen LogP contribution in [0.3, 0.4) is 0 Å². The number of carbonyl (C=O) groups is 1. The van der Waals surface area contributed by atoms with E-state index in [4.69, 9.17) is 9.47 Å². The molecule has 1 aliphatic carbocycles. The summed E-state index contributed by atoms with van der Waals surface area (Å²) in [5.41, 5.74) is 0. The van der Waals surface area contributed by atoms with Gasteiger partial charge in [-0.05, 0) is 39.7 Å². The highest BCUT2D eigenvalue weighted by atomic mass is 16.7. The highest BCUT2D eigenvalue weighted by Crippen LogP contribution is 2.18. The van der Waals surface area contributed by atoms with Crippen LogP contribution < -0.4 is 10.6 Å². The van der Waals surface area contributed by atoms with Crippen LogP contribution in [0.5, 0.6) is 0 Å². The van der Waals surface area contributed by atoms with Crippen LogP contribution in [0.15, 0.2) is 0 Å². The third kappa shape index (κ3) is 7.63. The first-order valence-corrected chi connectivity index (χ1v) is 6.99. The molecule has 1 saturated carbocycles. The summed E-state index contributed by atoms with van der Waals surface area (Å²) in [6.45, 7) is 6.69. The molecule has 0 unspecified atom stereocenters. The van der Waals surface area contributed by atoms with Crippen molar-refractivity contribution in [2.45, 2.75) is 51.9 Å². The second kappa shape index (κ2) is 9.30. The molecule has 1 fully saturated rings. The Morgan fingerprint density at radius 1 is 1.28 bits per heavy atom. The molecule has 5 nitrogen and oxygen atoms in total. The second-order valence-electron chi connectivity index (χ2n) is 4.49. The van der Waals surface area contributed by atoms with Crippen LogP contribution in [0.4, 0.5) is 0 Å². The summed E-state index contributed by atoms with van der Waals surface area (Å²) in [4.78, 5) is 11.4. The Morgan fingerprint density at radius 2 is 1.94 bits per heavy atom. The van der Waals surface area contributed by atoms with Gasteiger partial charge in [0.05, 0.1) is 0 Å². The Labute approximate surface area is 110 Å². The molecular weight excluding hydrogens is 232 g/mol. The first-order chi connectivity index (χ1) is 8.76. The van der Waals surface area contributed by atoms with E-state index in [1.54, 1.807) is 0 Å². The average molecular weight is 258 g/mol. The summed E-state index contributed by atoms with van der Waals surface area (Å²) in [6.07, 6.45) is 3.56. The Balaban J connectivity index is 1.93. The number of hydrogen-bond donors (Lipinski definition) is 2. The minimum Gasteiger partial charge on any atom is -0.353 e. The smallest absolute Gasteiger partial charge is 0.220 e. The molecule has 0 aromatic rings. The summed E-state index contributed by atoms with van der Waals surface area (Å²) in [5, 5.41) is 6.23. The summed E-state index contributed by atoms with van der Waals surface area (Å²) in [7, 11) is 0. The molecule has 0 aromatic heterocycles. The van der Waals surface area contributed by atoms with Gasteiger partial charge in [0.1, 0.15) is 0 Å². The number of carbonyl (C=O) groups excluding carboxylic acids is 1. The van der Waals surface area contributed by atoms with E-state index >= 15 is 0 Å². The molecule has 1 aliphatic rings. The molecule has 1 amide bonds. The van der Waals surface area contributed by atoms with Crippen molar-refractivity contribution in [3.05, 3.63) is 0 Å². The number of ether oxygens (including phenoxy) is 2. The fraction of sp³-hybridized carbons (Fsp3) is 0.923. The number of amides is 1. The van der Waals surface area contributed by atoms with Crippen LogP contribution in [0.25, 0.3) is 0 Å². The van der Waals surface area contributed by atoms with Crippen molar-refractivity contribution in [1.29, 1.82) is 0 Å². The van der Waals surface area contributed by atoms with E-state index in [-0.39, 0.29) is 12.2 Å². The molecular formula is C13H26N2O3. The zero-order valence-corrected chi connectivity index (χ0v) is 11.5. The van der Waals surface area contributed by atoms with Gasteiger partial charge in [0.2, 0.25) is 5.91 Å². The largest absolute Gasteiger partial charge is 0.353 e. The van der Waals surface area contributed by atoms with Crippen molar-refractivity contribution in [2.24, 2.45) is 0 Å². The van der Waals surface area contributed by atoms with Gasteiger partial charge in [-0.3, -0.25) is 4.79 Å². The highest BCUT2D eigenvalue weighted by Gasteiger charge is 2.22. The fourth-order valence-corrected chi connectivity index (χ4v) is 1.66. The van der Waals surface area contributed by atoms with E-state index in [1.165, 1.54) is 0 Å². The number of hydrogen-bond acceptors (Lipinski definition) is 4. The van der Waals surface area contributed by atoms with Crippen LogP contribution in [-0.4, -0.2) is 44.5 Å². The maximum Gasteiger partial charge on any atom is 0.220 e. The van der Waals surface area contributed by atoms with Crippen molar-refractivity contribution in [3.8, 4) is 0 Å². The third-order valence-electron chi connectivity index (χ3n) is 2.72. The van der Waals surface area contributed by atoms with Crippen molar-refractivity contribution < 1.29 is 14.3 Å². The molecule has 1 rings (SSSR count). The molecule has 0 saturated heterocycles. The van der Waals surface area contributed by atoms with Crippen LogP contribution in [0, 0.1) is 0 Å². The monoisotopic (exact) mass is 258 g/mol. The zero-order valence-electron chi connectivity index (χ0n) is 11.5. The molecule has 5 heteroatoms. The van der Waals surface area contributed by atoms with Crippen molar-refractivity contribution in [1.82, 2.24) is 10.6 Å². The molecule has 106 valence electrons. The lowest BCUT2D eigenvalue weighted by Gasteiger charge is -2.17. The molecule has 18 heavy (non-hydrogen) atoms. The van der Waals surface area contributed by atoms with Crippen molar-refractivity contribution in [2.75, 3.05) is 26.3 Å². The highest BCUT2D eigenvalue weighted by molar-refractivity contribution is 5.76. The van der Waals surface area contributed by atoms with E-state index < -0.39 is 0 Å². The Bertz CT molecular complexity index is 226. The van der Waals surface area contributed by atoms with Gasteiger partial charge in [0.15, 0.2) is 6.29 Å². The van der Waals surface area contributed by atoms with Gasteiger partial charge in [0.25, 0.3) is 0 Å². The first-order valence-electron chi connectivity index (χ1n) is 6.99. The van der Waals surface area contributed by atoms with Gasteiger partial charge in [-0.15, -0.1) is 0 Å². The second-order valence-corrected chi connectivity index (χ2v) is 4.49. The molecule has 0 atom stereocenters. The van der Waals surface area contributed by atoms with Crippen LogP contribution in [0.1, 0.15) is 39.5 Å². The van der Waals surface area contributed by atoms with Crippen molar-refractivity contribution in [3.63, 3.8) is 0 Å². The summed E-state index contributed by atoms with van der Waals surface area (Å²) in [5.74, 6) is 0.172. The van der Waals surface area contributed by atoms with Crippen LogP contribution in [0.2, 0.25) is 0 Å². The maximum absolute atomic E-state index is 11.4. The molecule has 0 aromatic carbocycles. The van der Waals surface area contributed by atoms with Gasteiger partial charge in [0, 0.05) is 32.2 Å². The lowest BCUT2D eigenvalue weighted by Crippen LogP contribution is -2.33. The SMILES string of the molecule is CCOC(CNCCCC(=O)NC1CC1)OCC. The van der Waals surface area contributed by atoms with E-state index in [0.717, 1.165) is 25.8 Å². The van der Waals surface area contributed by atoms with E-state index in [0.29, 0.717) is 32.2 Å². The Morgan fingerprint density at radius 3 is 2.50 bits per heavy atom. The maximum atomic E-state index is 11.4. The number of nitrogens with one attached hydrogen (secondary N) is 2. The zero-order chi connectivity index (χ0) is 13.2. The molecule has 0 heterocycles. The summed E-state index contributed by atoms with van der Waals surface area (Å²) < 4.78 is 10.8. The lowest BCUT2D eigenvalue weighted by molar-refractivity contribution is -0.132. The quantitative estimate of drug-likeness (QED) is 0.429. The fourth-order valence-electron chi connectivity index (χ4n) is 1.66. The average Bonchev–Trinajstić information content (AvgIpc) is 3.13. The summed E-state index contributed by atoms with van der Waals surface area (Å²) in [6, 6.07) is 0.464. The van der Waals surface area contributed by atoms with Crippen molar-refractivity contribution >= 4 is 5.91 Å². The normalized spacial score (nSPS) is 15.1. The standard InChI is InChI=1S/C13H26N2O3/c1-3-17-13(18-4-2)10-14-9-5-6-12(16)15-11-7-8-11/h11,13-14H,3-10H2,1-2H3,(H,15,16). The molecule has 0 aliphatic heterocycles. The molecule has 2 N–H and O–H groups in total. The lowest BCUT2D eigenvalue weighted by atomic mass is 10.3. The Hall–Kier alpha value is -0.650. The predicted molar refractivity (Wildman–Crippen MR) is 70.3 cm³/mol. The van der Waals surface area contributed by atoms with E-state index in [1.807, 2.05) is 13.8 Å². The van der Waals surface area contributed by atoms with E-state index in [9.17, 15) is 4.79 Å². The van der Waals surface area contributed by atoms with Crippen LogP contribution >= 0.6 is 0 Å². The molecule has 0 bridgehead atoms. The minimum absolute atomic E-state index is 0.172. The van der Waals surface area contributed by atoms with Gasteiger partial charge in [-0.25, -0.2) is 0 Å². The first kappa shape index (κ1) is 15.4. The molecule has 0 radical (unpaired) electrons. The van der Waals surface area contributed by atoms with Gasteiger partial charge >= 0.3 is 0 Å². The van der Waals surface area contributed by atoms with Gasteiger partial charge in [-0.2, -0.15) is 0 Å². The topological polar surface area (TPSA) is 59.6 Å². The third-order valence-corrected chi connectivity index (χ3v) is 2.72. The minimum atomic E-state index is -0.180. The van der Waals surface area contributed by atoms with Gasteiger partial charge < -0.3 is 20.1 Å². The predicted octanol–water partition coefficient (Wildman–Crippen LogP) is 1.03. The van der Waals surface area contributed by atoms with E-state index in [2.05, 4.69) is 10.6 Å². The summed E-state index contributed by atoms with van der Waals surface area (Å²) >= 11 is 0. The Kier molecular flexibility index (Phi) is 7.96. The number of rotatable bonds is 11. The molecule has 0 spiro atoms.